The van der Waals surface area contributed by atoms with Crippen LogP contribution in [0.5, 0.6) is 11.5 Å². The van der Waals surface area contributed by atoms with Gasteiger partial charge in [-0.3, -0.25) is 10.1 Å². The fraction of sp³-hybridized carbons (Fsp3) is 0.500. The number of nitro groups is 1. The van der Waals surface area contributed by atoms with E-state index in [9.17, 15) is 15.2 Å². The third kappa shape index (κ3) is 2.53. The van der Waals surface area contributed by atoms with Crippen LogP contribution in [0.15, 0.2) is 18.2 Å². The van der Waals surface area contributed by atoms with E-state index in [1.54, 1.807) is 6.07 Å². The largest absolute Gasteiger partial charge is 0.496 e. The van der Waals surface area contributed by atoms with E-state index < -0.39 is 11.0 Å². The first-order chi connectivity index (χ1) is 8.61. The molecule has 2 atom stereocenters. The Labute approximate surface area is 104 Å². The first-order valence-electron chi connectivity index (χ1n) is 5.79. The van der Waals surface area contributed by atoms with Gasteiger partial charge in [0.25, 0.3) is 0 Å². The van der Waals surface area contributed by atoms with Crippen LogP contribution < -0.4 is 9.47 Å². The number of hydrogen-bond donors (Lipinski definition) is 1. The van der Waals surface area contributed by atoms with Gasteiger partial charge in [0.1, 0.15) is 11.9 Å². The zero-order valence-corrected chi connectivity index (χ0v) is 10.0. The molecule has 1 saturated carbocycles. The van der Waals surface area contributed by atoms with E-state index in [4.69, 9.17) is 9.47 Å². The van der Waals surface area contributed by atoms with Crippen LogP contribution >= 0.6 is 0 Å². The van der Waals surface area contributed by atoms with Crippen molar-refractivity contribution >= 4 is 5.69 Å². The topological polar surface area (TPSA) is 81.8 Å². The first kappa shape index (κ1) is 12.6. The molecule has 1 aromatic carbocycles. The molecule has 6 heteroatoms. The smallest absolute Gasteiger partial charge is 0.314 e. The molecule has 0 bridgehead atoms. The summed E-state index contributed by atoms with van der Waals surface area (Å²) in [6.07, 6.45) is 1.35. The number of nitro benzene ring substituents is 1. The fourth-order valence-electron chi connectivity index (χ4n) is 2.07. The number of aliphatic hydroxyl groups is 1. The van der Waals surface area contributed by atoms with Crippen LogP contribution in [0.2, 0.25) is 0 Å². The number of hydrogen-bond acceptors (Lipinski definition) is 5. The summed E-state index contributed by atoms with van der Waals surface area (Å²) in [5, 5.41) is 20.6. The standard InChI is InChI=1S/C12H15NO5/c1-17-8-5-6-11(9(7-8)13(15)16)18-12-4-2-3-10(12)14/h5-7,10,12,14H,2-4H2,1H3. The maximum absolute atomic E-state index is 11.0. The Morgan fingerprint density at radius 2 is 2.22 bits per heavy atom. The Balaban J connectivity index is 2.23. The zero-order valence-electron chi connectivity index (χ0n) is 10.0. The third-order valence-electron chi connectivity index (χ3n) is 3.06. The molecule has 0 aromatic heterocycles. The summed E-state index contributed by atoms with van der Waals surface area (Å²) in [6.45, 7) is 0. The van der Waals surface area contributed by atoms with Crippen molar-refractivity contribution in [3.63, 3.8) is 0 Å². The Kier molecular flexibility index (Phi) is 3.66. The highest BCUT2D eigenvalue weighted by Gasteiger charge is 2.29. The highest BCUT2D eigenvalue weighted by Crippen LogP contribution is 2.34. The lowest BCUT2D eigenvalue weighted by Crippen LogP contribution is -2.25. The fourth-order valence-corrected chi connectivity index (χ4v) is 2.07. The number of nitrogens with zero attached hydrogens (tertiary/aromatic N) is 1. The monoisotopic (exact) mass is 253 g/mol. The molecule has 0 aliphatic heterocycles. The minimum absolute atomic E-state index is 0.145. The zero-order chi connectivity index (χ0) is 13.1. The summed E-state index contributed by atoms with van der Waals surface area (Å²) >= 11 is 0. The summed E-state index contributed by atoms with van der Waals surface area (Å²) < 4.78 is 10.5. The molecule has 18 heavy (non-hydrogen) atoms. The predicted octanol–water partition coefficient (Wildman–Crippen LogP) is 1.90. The van der Waals surface area contributed by atoms with Gasteiger partial charge in [-0.15, -0.1) is 0 Å². The molecule has 98 valence electrons. The van der Waals surface area contributed by atoms with Crippen LogP contribution in [0.4, 0.5) is 5.69 Å². The van der Waals surface area contributed by atoms with Crippen molar-refractivity contribution in [2.24, 2.45) is 0 Å². The van der Waals surface area contributed by atoms with Gasteiger partial charge in [0.2, 0.25) is 0 Å². The summed E-state index contributed by atoms with van der Waals surface area (Å²) in [5.74, 6) is 0.577. The molecule has 0 radical (unpaired) electrons. The van der Waals surface area contributed by atoms with Crippen molar-refractivity contribution in [1.29, 1.82) is 0 Å². The van der Waals surface area contributed by atoms with E-state index in [0.29, 0.717) is 18.6 Å². The van der Waals surface area contributed by atoms with Crippen molar-refractivity contribution in [3.05, 3.63) is 28.3 Å². The predicted molar refractivity (Wildman–Crippen MR) is 63.9 cm³/mol. The first-order valence-corrected chi connectivity index (χ1v) is 5.79. The van der Waals surface area contributed by atoms with Gasteiger partial charge in [-0.25, -0.2) is 0 Å². The van der Waals surface area contributed by atoms with E-state index in [1.807, 2.05) is 0 Å². The van der Waals surface area contributed by atoms with Crippen LogP contribution in [-0.4, -0.2) is 29.3 Å². The summed E-state index contributed by atoms with van der Waals surface area (Å²) in [7, 11) is 1.44. The molecule has 1 aromatic rings. The normalized spacial score (nSPS) is 22.8. The van der Waals surface area contributed by atoms with Gasteiger partial charge in [0.15, 0.2) is 5.75 Å². The Morgan fingerprint density at radius 1 is 1.44 bits per heavy atom. The number of aliphatic hydroxyl groups excluding tert-OH is 1. The van der Waals surface area contributed by atoms with E-state index in [-0.39, 0.29) is 17.5 Å². The van der Waals surface area contributed by atoms with Crippen LogP contribution in [0, 0.1) is 10.1 Å². The maximum Gasteiger partial charge on any atom is 0.314 e. The average Bonchev–Trinajstić information content (AvgIpc) is 2.75. The number of methoxy groups -OCH3 is 1. The molecule has 1 aliphatic rings. The SMILES string of the molecule is COc1ccc(OC2CCCC2O)c([N+](=O)[O-])c1. The Bertz CT molecular complexity index is 448. The van der Waals surface area contributed by atoms with Gasteiger partial charge in [-0.2, -0.15) is 0 Å². The van der Waals surface area contributed by atoms with Crippen molar-refractivity contribution in [2.75, 3.05) is 7.11 Å². The third-order valence-corrected chi connectivity index (χ3v) is 3.06. The van der Waals surface area contributed by atoms with E-state index in [2.05, 4.69) is 0 Å². The lowest BCUT2D eigenvalue weighted by molar-refractivity contribution is -0.386. The van der Waals surface area contributed by atoms with E-state index >= 15 is 0 Å². The molecule has 0 heterocycles. The van der Waals surface area contributed by atoms with Gasteiger partial charge in [-0.05, 0) is 31.4 Å². The van der Waals surface area contributed by atoms with Crippen LogP contribution in [-0.2, 0) is 0 Å². The number of rotatable bonds is 4. The van der Waals surface area contributed by atoms with Crippen LogP contribution in [0.25, 0.3) is 0 Å². The van der Waals surface area contributed by atoms with Gasteiger partial charge in [-0.1, -0.05) is 0 Å². The second-order valence-electron chi connectivity index (χ2n) is 4.25. The van der Waals surface area contributed by atoms with Crippen LogP contribution in [0.3, 0.4) is 0 Å². The summed E-state index contributed by atoms with van der Waals surface area (Å²) in [5.41, 5.74) is -0.145. The van der Waals surface area contributed by atoms with Gasteiger partial charge in [0.05, 0.1) is 24.2 Å². The molecule has 6 nitrogen and oxygen atoms in total. The lowest BCUT2D eigenvalue weighted by atomic mass is 10.2. The average molecular weight is 253 g/mol. The molecule has 0 amide bonds. The van der Waals surface area contributed by atoms with Gasteiger partial charge in [0, 0.05) is 0 Å². The molecule has 2 rings (SSSR count). The van der Waals surface area contributed by atoms with E-state index in [1.165, 1.54) is 19.2 Å². The minimum atomic E-state index is -0.549. The maximum atomic E-state index is 11.0. The molecular weight excluding hydrogens is 238 g/mol. The van der Waals surface area contributed by atoms with Gasteiger partial charge < -0.3 is 14.6 Å². The van der Waals surface area contributed by atoms with Crippen LogP contribution in [0.1, 0.15) is 19.3 Å². The lowest BCUT2D eigenvalue weighted by Gasteiger charge is -2.17. The quantitative estimate of drug-likeness (QED) is 0.654. The molecule has 0 saturated heterocycles. The van der Waals surface area contributed by atoms with E-state index in [0.717, 1.165) is 6.42 Å². The Morgan fingerprint density at radius 3 is 2.78 bits per heavy atom. The highest BCUT2D eigenvalue weighted by atomic mass is 16.6. The molecular formula is C12H15NO5. The molecule has 1 N–H and O–H groups in total. The molecule has 2 unspecified atom stereocenters. The minimum Gasteiger partial charge on any atom is -0.496 e. The summed E-state index contributed by atoms with van der Waals surface area (Å²) in [6, 6.07) is 4.42. The van der Waals surface area contributed by atoms with Crippen molar-refractivity contribution < 1.29 is 19.5 Å². The Hall–Kier alpha value is -1.82. The second-order valence-corrected chi connectivity index (χ2v) is 4.25. The number of benzene rings is 1. The summed E-state index contributed by atoms with van der Waals surface area (Å²) in [4.78, 5) is 10.4. The molecule has 0 spiro atoms. The van der Waals surface area contributed by atoms with Crippen molar-refractivity contribution in [3.8, 4) is 11.5 Å². The molecule has 1 fully saturated rings. The second kappa shape index (κ2) is 5.22. The molecule has 1 aliphatic carbocycles. The van der Waals surface area contributed by atoms with Gasteiger partial charge >= 0.3 is 5.69 Å². The van der Waals surface area contributed by atoms with Crippen molar-refractivity contribution in [2.45, 2.75) is 31.5 Å². The van der Waals surface area contributed by atoms with Crippen molar-refractivity contribution in [1.82, 2.24) is 0 Å². The number of ether oxygens (including phenoxy) is 2. The highest BCUT2D eigenvalue weighted by molar-refractivity contribution is 5.51.